The fraction of sp³-hybridized carbons (Fsp3) is 0.188. The first-order chi connectivity index (χ1) is 11.2. The van der Waals surface area contributed by atoms with Crippen molar-refractivity contribution in [1.29, 1.82) is 0 Å². The number of hydrogen-bond acceptors (Lipinski definition) is 3. The van der Waals surface area contributed by atoms with E-state index in [1.165, 1.54) is 36.6 Å². The summed E-state index contributed by atoms with van der Waals surface area (Å²) >= 11 is 0. The molecule has 0 spiro atoms. The smallest absolute Gasteiger partial charge is 0.322 e. The van der Waals surface area contributed by atoms with E-state index in [0.717, 1.165) is 10.4 Å². The van der Waals surface area contributed by atoms with Gasteiger partial charge in [0.25, 0.3) is 5.91 Å². The quantitative estimate of drug-likeness (QED) is 0.906. The van der Waals surface area contributed by atoms with Crippen LogP contribution in [0.3, 0.4) is 0 Å². The van der Waals surface area contributed by atoms with Crippen LogP contribution >= 0.6 is 0 Å². The van der Waals surface area contributed by atoms with Crippen molar-refractivity contribution >= 4 is 33.2 Å². The van der Waals surface area contributed by atoms with Gasteiger partial charge in [-0.1, -0.05) is 6.07 Å². The molecule has 1 aliphatic rings. The number of nitrogens with one attached hydrogen (secondary N) is 1. The summed E-state index contributed by atoms with van der Waals surface area (Å²) in [5.41, 5.74) is 2.38. The molecule has 24 heavy (non-hydrogen) atoms. The average molecular weight is 349 g/mol. The summed E-state index contributed by atoms with van der Waals surface area (Å²) in [6, 6.07) is 8.65. The van der Waals surface area contributed by atoms with E-state index in [2.05, 4.69) is 5.32 Å². The topological polar surface area (TPSA) is 69.7 Å². The molecule has 0 aromatic heterocycles. The number of fused-ring (bicyclic) bond motifs is 1. The SMILES string of the molecule is Cc1cc2c(cc1NC(=O)c1cccc(F)c1)N(C)S(=O)(=O)N2C. The molecule has 0 atom stereocenters. The van der Waals surface area contributed by atoms with E-state index in [9.17, 15) is 17.6 Å². The summed E-state index contributed by atoms with van der Waals surface area (Å²) in [7, 11) is -0.654. The fourth-order valence-electron chi connectivity index (χ4n) is 2.58. The maximum atomic E-state index is 13.2. The molecule has 0 fully saturated rings. The minimum atomic E-state index is -3.58. The highest BCUT2D eigenvalue weighted by Crippen LogP contribution is 2.41. The Bertz CT molecular complexity index is 944. The number of rotatable bonds is 2. The van der Waals surface area contributed by atoms with Gasteiger partial charge >= 0.3 is 10.2 Å². The Balaban J connectivity index is 1.97. The third kappa shape index (κ3) is 2.48. The van der Waals surface area contributed by atoms with E-state index in [-0.39, 0.29) is 5.56 Å². The van der Waals surface area contributed by atoms with Crippen LogP contribution in [0, 0.1) is 12.7 Å². The number of hydrogen-bond donors (Lipinski definition) is 1. The van der Waals surface area contributed by atoms with Gasteiger partial charge in [-0.15, -0.1) is 0 Å². The second-order valence-corrected chi connectivity index (χ2v) is 7.55. The lowest BCUT2D eigenvalue weighted by molar-refractivity contribution is 0.102. The van der Waals surface area contributed by atoms with Crippen LogP contribution in [0.4, 0.5) is 21.5 Å². The number of anilines is 3. The van der Waals surface area contributed by atoms with Crippen molar-refractivity contribution in [1.82, 2.24) is 0 Å². The summed E-state index contributed by atoms with van der Waals surface area (Å²) < 4.78 is 39.9. The Labute approximate surface area is 139 Å². The average Bonchev–Trinajstić information content (AvgIpc) is 2.69. The highest BCUT2D eigenvalue weighted by Gasteiger charge is 2.36. The van der Waals surface area contributed by atoms with Crippen molar-refractivity contribution in [3.63, 3.8) is 0 Å². The van der Waals surface area contributed by atoms with Gasteiger partial charge in [0.05, 0.1) is 11.4 Å². The molecule has 0 unspecified atom stereocenters. The Morgan fingerprint density at radius 1 is 1.08 bits per heavy atom. The molecule has 0 aliphatic carbocycles. The Morgan fingerprint density at radius 2 is 1.71 bits per heavy atom. The summed E-state index contributed by atoms with van der Waals surface area (Å²) in [5, 5.41) is 2.70. The molecule has 126 valence electrons. The van der Waals surface area contributed by atoms with Crippen LogP contribution in [-0.2, 0) is 10.2 Å². The predicted octanol–water partition coefficient (Wildman–Crippen LogP) is 2.52. The van der Waals surface area contributed by atoms with E-state index in [0.29, 0.717) is 22.6 Å². The minimum absolute atomic E-state index is 0.188. The molecule has 1 heterocycles. The van der Waals surface area contributed by atoms with Crippen molar-refractivity contribution in [2.24, 2.45) is 0 Å². The van der Waals surface area contributed by atoms with Gasteiger partial charge in [-0.05, 0) is 42.8 Å². The second kappa shape index (κ2) is 5.48. The van der Waals surface area contributed by atoms with Gasteiger partial charge in [0.1, 0.15) is 5.82 Å². The van der Waals surface area contributed by atoms with Gasteiger partial charge in [-0.25, -0.2) is 4.39 Å². The first-order valence-electron chi connectivity index (χ1n) is 7.16. The zero-order valence-corrected chi connectivity index (χ0v) is 14.2. The lowest BCUT2D eigenvalue weighted by Gasteiger charge is -2.13. The van der Waals surface area contributed by atoms with E-state index in [4.69, 9.17) is 0 Å². The van der Waals surface area contributed by atoms with Gasteiger partial charge in [0, 0.05) is 25.3 Å². The molecule has 1 aliphatic heterocycles. The molecular weight excluding hydrogens is 333 g/mol. The maximum Gasteiger partial charge on any atom is 0.326 e. The van der Waals surface area contributed by atoms with Crippen molar-refractivity contribution in [2.75, 3.05) is 28.0 Å². The van der Waals surface area contributed by atoms with Crippen LogP contribution in [0.5, 0.6) is 0 Å². The van der Waals surface area contributed by atoms with Crippen molar-refractivity contribution < 1.29 is 17.6 Å². The monoisotopic (exact) mass is 349 g/mol. The third-order valence-corrected chi connectivity index (χ3v) is 5.80. The molecule has 0 bridgehead atoms. The molecule has 0 radical (unpaired) electrons. The molecule has 1 amide bonds. The summed E-state index contributed by atoms with van der Waals surface area (Å²) in [6.45, 7) is 1.76. The van der Waals surface area contributed by atoms with Crippen LogP contribution in [0.2, 0.25) is 0 Å². The zero-order valence-electron chi connectivity index (χ0n) is 13.4. The van der Waals surface area contributed by atoms with Crippen LogP contribution in [0.15, 0.2) is 36.4 Å². The number of carbonyl (C=O) groups excluding carboxylic acids is 1. The molecule has 6 nitrogen and oxygen atoms in total. The molecule has 2 aromatic carbocycles. The minimum Gasteiger partial charge on any atom is -0.322 e. The Hall–Kier alpha value is -2.61. The molecule has 0 saturated carbocycles. The molecule has 0 saturated heterocycles. The normalized spacial score (nSPS) is 15.3. The first-order valence-corrected chi connectivity index (χ1v) is 8.56. The van der Waals surface area contributed by atoms with E-state index in [1.54, 1.807) is 19.1 Å². The highest BCUT2D eigenvalue weighted by atomic mass is 32.2. The molecule has 1 N–H and O–H groups in total. The third-order valence-electron chi connectivity index (χ3n) is 4.03. The van der Waals surface area contributed by atoms with Gasteiger partial charge in [-0.2, -0.15) is 8.42 Å². The van der Waals surface area contributed by atoms with Gasteiger partial charge in [0.15, 0.2) is 0 Å². The van der Waals surface area contributed by atoms with E-state index >= 15 is 0 Å². The zero-order chi connectivity index (χ0) is 17.6. The summed E-state index contributed by atoms with van der Waals surface area (Å²) in [5.74, 6) is -0.963. The Morgan fingerprint density at radius 3 is 2.33 bits per heavy atom. The number of carbonyl (C=O) groups is 1. The summed E-state index contributed by atoms with van der Waals surface area (Å²) in [6.07, 6.45) is 0. The first kappa shape index (κ1) is 16.3. The van der Waals surface area contributed by atoms with Crippen LogP contribution in [0.1, 0.15) is 15.9 Å². The largest absolute Gasteiger partial charge is 0.326 e. The predicted molar refractivity (Wildman–Crippen MR) is 91.3 cm³/mol. The number of aryl methyl sites for hydroxylation is 1. The van der Waals surface area contributed by atoms with Crippen LogP contribution in [0.25, 0.3) is 0 Å². The highest BCUT2D eigenvalue weighted by molar-refractivity contribution is 7.94. The molecular formula is C16H16FN3O3S. The lowest BCUT2D eigenvalue weighted by Crippen LogP contribution is -2.32. The standard InChI is InChI=1S/C16H16FN3O3S/c1-10-7-14-15(20(3)24(22,23)19(14)2)9-13(10)18-16(21)11-5-4-6-12(17)8-11/h4-9H,1-3H3,(H,18,21). The van der Waals surface area contributed by atoms with Crippen LogP contribution in [-0.4, -0.2) is 28.4 Å². The maximum absolute atomic E-state index is 13.2. The van der Waals surface area contributed by atoms with E-state index < -0.39 is 21.9 Å². The number of nitrogens with zero attached hydrogens (tertiary/aromatic N) is 2. The van der Waals surface area contributed by atoms with Crippen molar-refractivity contribution in [3.8, 4) is 0 Å². The molecule has 3 rings (SSSR count). The van der Waals surface area contributed by atoms with Gasteiger partial charge < -0.3 is 5.32 Å². The fourth-order valence-corrected chi connectivity index (χ4v) is 3.73. The van der Waals surface area contributed by atoms with Crippen LogP contribution < -0.4 is 13.9 Å². The number of benzene rings is 2. The molecule has 8 heteroatoms. The number of amides is 1. The summed E-state index contributed by atoms with van der Waals surface area (Å²) in [4.78, 5) is 12.3. The van der Waals surface area contributed by atoms with Gasteiger partial charge in [-0.3, -0.25) is 13.4 Å². The number of halogens is 1. The van der Waals surface area contributed by atoms with Crippen molar-refractivity contribution in [3.05, 3.63) is 53.3 Å². The lowest BCUT2D eigenvalue weighted by atomic mass is 10.1. The Kier molecular flexibility index (Phi) is 3.71. The van der Waals surface area contributed by atoms with Crippen molar-refractivity contribution in [2.45, 2.75) is 6.92 Å². The second-order valence-electron chi connectivity index (χ2n) is 5.56. The van der Waals surface area contributed by atoms with Gasteiger partial charge in [0.2, 0.25) is 0 Å². The van der Waals surface area contributed by atoms with E-state index in [1.807, 2.05) is 0 Å². The molecule has 2 aromatic rings.